The summed E-state index contributed by atoms with van der Waals surface area (Å²) >= 11 is 0. The highest BCUT2D eigenvalue weighted by Crippen LogP contribution is 2.40. The van der Waals surface area contributed by atoms with Gasteiger partial charge in [-0.1, -0.05) is 24.3 Å². The Hall–Kier alpha value is -2.10. The van der Waals surface area contributed by atoms with Gasteiger partial charge in [-0.15, -0.1) is 0 Å². The topological polar surface area (TPSA) is 79.4 Å². The Balaban J connectivity index is 2.80. The molecule has 4 N–H and O–H groups in total. The summed E-state index contributed by atoms with van der Waals surface area (Å²) in [7, 11) is 0. The number of rotatable bonds is 5. The lowest BCUT2D eigenvalue weighted by Crippen LogP contribution is -2.49. The number of halogens is 5. The second-order valence-corrected chi connectivity index (χ2v) is 6.67. The zero-order valence-electron chi connectivity index (χ0n) is 14.6. The molecule has 1 aromatic heterocycles. The van der Waals surface area contributed by atoms with Gasteiger partial charge < -0.3 is 15.9 Å². The molecule has 2 rings (SSSR count). The monoisotopic (exact) mass is 390 g/mol. The van der Waals surface area contributed by atoms with Crippen LogP contribution in [-0.2, 0) is 17.9 Å². The molecule has 27 heavy (non-hydrogen) atoms. The van der Waals surface area contributed by atoms with Gasteiger partial charge in [0.25, 0.3) is 0 Å². The molecule has 9 heteroatoms. The molecule has 0 spiro atoms. The van der Waals surface area contributed by atoms with Crippen LogP contribution >= 0.6 is 0 Å². The van der Waals surface area contributed by atoms with E-state index < -0.39 is 53.4 Å². The van der Waals surface area contributed by atoms with Gasteiger partial charge >= 0.3 is 6.18 Å². The van der Waals surface area contributed by atoms with Crippen molar-refractivity contribution < 1.29 is 32.2 Å². The minimum atomic E-state index is -5.18. The van der Waals surface area contributed by atoms with Crippen LogP contribution in [0.1, 0.15) is 30.7 Å². The summed E-state index contributed by atoms with van der Waals surface area (Å²) in [5.74, 6) is -1.05. The summed E-state index contributed by atoms with van der Waals surface area (Å²) in [5.41, 5.74) is -1.88. The van der Waals surface area contributed by atoms with Crippen molar-refractivity contribution in [1.82, 2.24) is 4.98 Å². The molecular weight excluding hydrogens is 371 g/mol. The molecule has 1 aromatic carbocycles. The van der Waals surface area contributed by atoms with Crippen molar-refractivity contribution in [2.24, 2.45) is 5.73 Å². The van der Waals surface area contributed by atoms with Gasteiger partial charge in [0.15, 0.2) is 5.82 Å². The Bertz CT molecular complexity index is 816. The molecule has 0 aliphatic rings. The first kappa shape index (κ1) is 21.2. The van der Waals surface area contributed by atoms with Gasteiger partial charge in [0.1, 0.15) is 12.4 Å². The highest BCUT2D eigenvalue weighted by Gasteiger charge is 2.55. The van der Waals surface area contributed by atoms with Crippen LogP contribution in [0.25, 0.3) is 11.3 Å². The lowest BCUT2D eigenvalue weighted by molar-refractivity contribution is -0.263. The maximum Gasteiger partial charge on any atom is 0.424 e. The smallest absolute Gasteiger partial charge is 0.386 e. The first-order valence-electron chi connectivity index (χ1n) is 7.93. The Morgan fingerprint density at radius 3 is 2.04 bits per heavy atom. The van der Waals surface area contributed by atoms with Gasteiger partial charge in [0.05, 0.1) is 11.3 Å². The lowest BCUT2D eigenvalue weighted by atomic mass is 9.90. The Kier molecular flexibility index (Phi) is 5.61. The van der Waals surface area contributed by atoms with Crippen molar-refractivity contribution in [3.05, 3.63) is 53.0 Å². The van der Waals surface area contributed by atoms with Crippen LogP contribution in [-0.4, -0.2) is 27.9 Å². The van der Waals surface area contributed by atoms with Crippen LogP contribution in [0.3, 0.4) is 0 Å². The molecule has 1 heterocycles. The Morgan fingerprint density at radius 1 is 1.07 bits per heavy atom. The van der Waals surface area contributed by atoms with Crippen LogP contribution < -0.4 is 5.73 Å². The third kappa shape index (κ3) is 3.95. The molecule has 0 bridgehead atoms. The van der Waals surface area contributed by atoms with Crippen molar-refractivity contribution >= 4 is 0 Å². The average Bonchev–Trinajstić information content (AvgIpc) is 2.59. The highest BCUT2D eigenvalue weighted by molar-refractivity contribution is 5.62. The molecule has 0 aliphatic carbocycles. The zero-order valence-corrected chi connectivity index (χ0v) is 14.6. The van der Waals surface area contributed by atoms with Crippen molar-refractivity contribution in [2.45, 2.75) is 37.9 Å². The van der Waals surface area contributed by atoms with Crippen LogP contribution in [0.15, 0.2) is 30.3 Å². The molecular formula is C18H19F5N2O2. The maximum atomic E-state index is 14.9. The molecule has 148 valence electrons. The maximum absolute atomic E-state index is 14.9. The van der Waals surface area contributed by atoms with Crippen molar-refractivity contribution in [1.29, 1.82) is 0 Å². The number of hydrogen-bond acceptors (Lipinski definition) is 4. The van der Waals surface area contributed by atoms with Gasteiger partial charge in [0, 0.05) is 17.7 Å². The fourth-order valence-electron chi connectivity index (χ4n) is 2.49. The van der Waals surface area contributed by atoms with Crippen molar-refractivity contribution in [2.75, 3.05) is 6.54 Å². The number of benzene rings is 1. The van der Waals surface area contributed by atoms with Gasteiger partial charge in [-0.05, 0) is 25.5 Å². The minimum absolute atomic E-state index is 0.0543. The second-order valence-electron chi connectivity index (χ2n) is 6.67. The van der Waals surface area contributed by atoms with E-state index in [1.165, 1.54) is 38.1 Å². The van der Waals surface area contributed by atoms with Gasteiger partial charge in [-0.25, -0.2) is 13.8 Å². The average molecular weight is 390 g/mol. The van der Waals surface area contributed by atoms with Gasteiger partial charge in [-0.2, -0.15) is 13.2 Å². The van der Waals surface area contributed by atoms with Crippen LogP contribution in [0, 0.1) is 5.82 Å². The number of alkyl halides is 4. The molecule has 0 saturated carbocycles. The predicted octanol–water partition coefficient (Wildman–Crippen LogP) is 3.29. The number of pyridine rings is 1. The lowest BCUT2D eigenvalue weighted by Gasteiger charge is -2.30. The summed E-state index contributed by atoms with van der Waals surface area (Å²) in [6.07, 6.45) is -5.18. The summed E-state index contributed by atoms with van der Waals surface area (Å²) in [6.45, 7) is 0.341. The van der Waals surface area contributed by atoms with Gasteiger partial charge in [-0.3, -0.25) is 0 Å². The number of aromatic nitrogens is 1. The van der Waals surface area contributed by atoms with Gasteiger partial charge in [0.2, 0.25) is 5.60 Å². The quantitative estimate of drug-likeness (QED) is 0.685. The largest absolute Gasteiger partial charge is 0.424 e. The molecule has 1 unspecified atom stereocenters. The second kappa shape index (κ2) is 7.14. The normalized spacial score (nSPS) is 14.9. The van der Waals surface area contributed by atoms with Crippen molar-refractivity contribution in [3.63, 3.8) is 0 Å². The van der Waals surface area contributed by atoms with E-state index in [4.69, 9.17) is 5.73 Å². The molecule has 0 saturated heterocycles. The summed E-state index contributed by atoms with van der Waals surface area (Å²) in [5, 5.41) is 20.3. The molecule has 0 aliphatic heterocycles. The van der Waals surface area contributed by atoms with E-state index >= 15 is 0 Å². The van der Waals surface area contributed by atoms with Crippen LogP contribution in [0.4, 0.5) is 22.0 Å². The fraction of sp³-hybridized carbons (Fsp3) is 0.389. The third-order valence-corrected chi connectivity index (χ3v) is 4.19. The molecule has 1 atom stereocenters. The summed E-state index contributed by atoms with van der Waals surface area (Å²) < 4.78 is 67.7. The molecule has 4 nitrogen and oxygen atoms in total. The van der Waals surface area contributed by atoms with E-state index in [2.05, 4.69) is 4.98 Å². The number of hydrogen-bond donors (Lipinski definition) is 3. The minimum Gasteiger partial charge on any atom is -0.386 e. The van der Waals surface area contributed by atoms with Crippen LogP contribution in [0.2, 0.25) is 0 Å². The standard InChI is InChI=1S/C18H19F5N2O2/c1-16(2,26)12-7-13(17(27,9-24)18(21,22)23)25-15(14(12)20)11-5-3-10(8-19)4-6-11/h3-7,26-27H,8-9,24H2,1-2H3. The SMILES string of the molecule is CC(C)(O)c1cc(C(O)(CN)C(F)(F)F)nc(-c2ccc(CF)cc2)c1F. The van der Waals surface area contributed by atoms with E-state index in [0.717, 1.165) is 0 Å². The fourth-order valence-corrected chi connectivity index (χ4v) is 2.49. The summed E-state index contributed by atoms with van der Waals surface area (Å²) in [6, 6.07) is 5.87. The Morgan fingerprint density at radius 2 is 1.63 bits per heavy atom. The first-order chi connectivity index (χ1) is 12.3. The predicted molar refractivity (Wildman–Crippen MR) is 88.7 cm³/mol. The summed E-state index contributed by atoms with van der Waals surface area (Å²) in [4.78, 5) is 3.65. The molecule has 0 fully saturated rings. The Labute approximate surface area is 152 Å². The molecule has 0 amide bonds. The highest BCUT2D eigenvalue weighted by atomic mass is 19.4. The van der Waals surface area contributed by atoms with Crippen molar-refractivity contribution in [3.8, 4) is 11.3 Å². The third-order valence-electron chi connectivity index (χ3n) is 4.19. The number of nitrogens with two attached hydrogens (primary N) is 1. The van der Waals surface area contributed by atoms with E-state index in [0.29, 0.717) is 6.07 Å². The van der Waals surface area contributed by atoms with E-state index in [1.807, 2.05) is 0 Å². The number of nitrogens with zero attached hydrogens (tertiary/aromatic N) is 1. The molecule has 0 radical (unpaired) electrons. The zero-order chi connectivity index (χ0) is 20.6. The van der Waals surface area contributed by atoms with E-state index in [9.17, 15) is 32.2 Å². The first-order valence-corrected chi connectivity index (χ1v) is 7.93. The number of aliphatic hydroxyl groups is 2. The van der Waals surface area contributed by atoms with Crippen LogP contribution in [0.5, 0.6) is 0 Å². The van der Waals surface area contributed by atoms with E-state index in [-0.39, 0.29) is 11.1 Å². The molecule has 2 aromatic rings. The van der Waals surface area contributed by atoms with E-state index in [1.54, 1.807) is 0 Å².